The molecular weight excluding hydrogens is 424 g/mol. The van der Waals surface area contributed by atoms with Crippen LogP contribution in [0.5, 0.6) is 0 Å². The van der Waals surface area contributed by atoms with Gasteiger partial charge in [0.15, 0.2) is 5.96 Å². The van der Waals surface area contributed by atoms with Crippen LogP contribution in [0.2, 0.25) is 0 Å². The van der Waals surface area contributed by atoms with E-state index in [1.165, 1.54) is 0 Å². The Morgan fingerprint density at radius 3 is 1.94 bits per heavy atom. The van der Waals surface area contributed by atoms with E-state index in [4.69, 9.17) is 22.9 Å². The minimum absolute atomic E-state index is 0.0160. The molecule has 0 aromatic rings. The van der Waals surface area contributed by atoms with Crippen molar-refractivity contribution in [2.45, 2.75) is 57.7 Å². The summed E-state index contributed by atoms with van der Waals surface area (Å²) in [5.74, 6) is -4.56. The van der Waals surface area contributed by atoms with Gasteiger partial charge in [-0.15, -0.1) is 0 Å². The van der Waals surface area contributed by atoms with Crippen LogP contribution in [0, 0.1) is 5.92 Å². The summed E-state index contributed by atoms with van der Waals surface area (Å²) in [4.78, 5) is 63.5. The van der Waals surface area contributed by atoms with Crippen LogP contribution in [0.15, 0.2) is 4.99 Å². The van der Waals surface area contributed by atoms with Crippen molar-refractivity contribution in [2.75, 3.05) is 13.1 Å². The van der Waals surface area contributed by atoms with Gasteiger partial charge in [-0.2, -0.15) is 0 Å². The quantitative estimate of drug-likeness (QED) is 0.0685. The van der Waals surface area contributed by atoms with Crippen LogP contribution in [-0.2, 0) is 24.0 Å². The van der Waals surface area contributed by atoms with Gasteiger partial charge in [0.2, 0.25) is 23.6 Å². The van der Waals surface area contributed by atoms with Crippen molar-refractivity contribution < 1.29 is 29.1 Å². The topological polar surface area (TPSA) is 258 Å². The summed E-state index contributed by atoms with van der Waals surface area (Å²) in [5, 5.41) is 16.4. The van der Waals surface area contributed by atoms with Gasteiger partial charge in [0.1, 0.15) is 18.1 Å². The Hall–Kier alpha value is -3.42. The van der Waals surface area contributed by atoms with Crippen molar-refractivity contribution in [2.24, 2.45) is 33.8 Å². The number of aliphatic carboxylic acids is 1. The zero-order valence-electron chi connectivity index (χ0n) is 18.3. The van der Waals surface area contributed by atoms with Crippen molar-refractivity contribution in [1.29, 1.82) is 0 Å². The van der Waals surface area contributed by atoms with E-state index < -0.39 is 60.7 Å². The number of hydrogen-bond acceptors (Lipinski definition) is 7. The van der Waals surface area contributed by atoms with Crippen LogP contribution in [0.3, 0.4) is 0 Å². The predicted molar refractivity (Wildman–Crippen MR) is 116 cm³/mol. The number of aliphatic imine (C=N–C) groups is 1. The molecule has 3 atom stereocenters. The number of hydrogen-bond donors (Lipinski definition) is 8. The number of amides is 4. The molecular formula is C18H34N8O6. The smallest absolute Gasteiger partial charge is 0.326 e. The third kappa shape index (κ3) is 12.3. The highest BCUT2D eigenvalue weighted by Crippen LogP contribution is 2.07. The van der Waals surface area contributed by atoms with Crippen molar-refractivity contribution in [3.8, 4) is 0 Å². The third-order valence-corrected chi connectivity index (χ3v) is 4.14. The monoisotopic (exact) mass is 458 g/mol. The van der Waals surface area contributed by atoms with E-state index in [0.29, 0.717) is 0 Å². The zero-order valence-corrected chi connectivity index (χ0v) is 18.3. The molecule has 0 aromatic heterocycles. The second-order valence-corrected chi connectivity index (χ2v) is 7.53. The number of guanidine groups is 1. The molecule has 32 heavy (non-hydrogen) atoms. The van der Waals surface area contributed by atoms with Gasteiger partial charge in [0, 0.05) is 6.54 Å². The molecule has 0 heterocycles. The molecule has 12 N–H and O–H groups in total. The van der Waals surface area contributed by atoms with Gasteiger partial charge in [0.05, 0.1) is 13.0 Å². The summed E-state index contributed by atoms with van der Waals surface area (Å²) >= 11 is 0. The average molecular weight is 459 g/mol. The number of nitrogens with two attached hydrogens (primary N) is 4. The molecule has 0 saturated carbocycles. The predicted octanol–water partition coefficient (Wildman–Crippen LogP) is -3.54. The van der Waals surface area contributed by atoms with E-state index in [9.17, 15) is 29.1 Å². The fraction of sp³-hybridized carbons (Fsp3) is 0.667. The number of carboxylic acids is 1. The van der Waals surface area contributed by atoms with E-state index in [1.54, 1.807) is 13.8 Å². The first-order valence-electron chi connectivity index (χ1n) is 10.0. The van der Waals surface area contributed by atoms with Gasteiger partial charge >= 0.3 is 5.97 Å². The maximum absolute atomic E-state index is 12.8. The molecule has 0 aliphatic rings. The van der Waals surface area contributed by atoms with Gasteiger partial charge in [0.25, 0.3) is 0 Å². The van der Waals surface area contributed by atoms with Gasteiger partial charge in [-0.1, -0.05) is 13.8 Å². The van der Waals surface area contributed by atoms with Crippen LogP contribution in [0.4, 0.5) is 0 Å². The van der Waals surface area contributed by atoms with E-state index in [0.717, 1.165) is 0 Å². The van der Waals surface area contributed by atoms with Crippen LogP contribution >= 0.6 is 0 Å². The fourth-order valence-corrected chi connectivity index (χ4v) is 2.67. The average Bonchev–Trinajstić information content (AvgIpc) is 2.67. The summed E-state index contributed by atoms with van der Waals surface area (Å²) < 4.78 is 0. The number of carboxylic acid groups (broad SMARTS) is 1. The lowest BCUT2D eigenvalue weighted by molar-refractivity contribution is -0.143. The molecule has 0 aromatic carbocycles. The van der Waals surface area contributed by atoms with E-state index in [-0.39, 0.29) is 37.7 Å². The normalized spacial score (nSPS) is 13.4. The lowest BCUT2D eigenvalue weighted by Crippen LogP contribution is -2.56. The largest absolute Gasteiger partial charge is 0.480 e. The lowest BCUT2D eigenvalue weighted by Gasteiger charge is -2.24. The summed E-state index contributed by atoms with van der Waals surface area (Å²) in [7, 11) is 0. The Kier molecular flexibility index (Phi) is 13.0. The minimum Gasteiger partial charge on any atom is -0.480 e. The number of nitrogens with zero attached hydrogens (tertiary/aromatic N) is 1. The van der Waals surface area contributed by atoms with Crippen molar-refractivity contribution in [1.82, 2.24) is 16.0 Å². The molecule has 0 aliphatic carbocycles. The Morgan fingerprint density at radius 2 is 1.47 bits per heavy atom. The van der Waals surface area contributed by atoms with Crippen LogP contribution < -0.4 is 38.9 Å². The van der Waals surface area contributed by atoms with Crippen molar-refractivity contribution in [3.63, 3.8) is 0 Å². The molecule has 3 unspecified atom stereocenters. The minimum atomic E-state index is -1.36. The molecule has 0 spiro atoms. The maximum atomic E-state index is 12.8. The first-order chi connectivity index (χ1) is 14.9. The van der Waals surface area contributed by atoms with Gasteiger partial charge in [-0.05, 0) is 25.2 Å². The van der Waals surface area contributed by atoms with Gasteiger partial charge in [-0.25, -0.2) is 4.79 Å². The number of carbonyl (C=O) groups is 5. The lowest BCUT2D eigenvalue weighted by atomic mass is 10.0. The fourth-order valence-electron chi connectivity index (χ4n) is 2.67. The number of carbonyl (C=O) groups excluding carboxylic acids is 4. The number of rotatable bonds is 15. The molecule has 182 valence electrons. The summed E-state index contributed by atoms with van der Waals surface area (Å²) in [5.41, 5.74) is 20.9. The number of primary amides is 1. The third-order valence-electron chi connectivity index (χ3n) is 4.14. The van der Waals surface area contributed by atoms with Crippen molar-refractivity contribution >= 4 is 35.6 Å². The molecule has 4 amide bonds. The van der Waals surface area contributed by atoms with Crippen LogP contribution in [0.25, 0.3) is 0 Å². The zero-order chi connectivity index (χ0) is 24.8. The Morgan fingerprint density at radius 1 is 0.906 bits per heavy atom. The first kappa shape index (κ1) is 28.6. The molecule has 0 saturated heterocycles. The van der Waals surface area contributed by atoms with E-state index >= 15 is 0 Å². The Labute approximate surface area is 185 Å². The molecule has 0 radical (unpaired) electrons. The summed E-state index contributed by atoms with van der Waals surface area (Å²) in [6, 6.07) is -3.71. The Bertz CT molecular complexity index is 708. The van der Waals surface area contributed by atoms with Crippen LogP contribution in [-0.4, -0.2) is 71.9 Å². The highest BCUT2D eigenvalue weighted by Gasteiger charge is 2.30. The first-order valence-corrected chi connectivity index (χ1v) is 10.0. The standard InChI is InChI=1S/C18H34N8O6/c1-9(2)6-12(17(31)32)26-15(29)10(4-3-5-23-18(21)22)25-16(30)11(7-13(20)27)24-14(28)8-19/h9-12H,3-8,19H2,1-2H3,(H2,20,27)(H,24,28)(H,25,30)(H,26,29)(H,31,32)(H4,21,22,23). The Balaban J connectivity index is 5.50. The van der Waals surface area contributed by atoms with Gasteiger partial charge < -0.3 is 44.0 Å². The van der Waals surface area contributed by atoms with E-state index in [1.807, 2.05) is 0 Å². The molecule has 14 heteroatoms. The van der Waals surface area contributed by atoms with Crippen LogP contribution in [0.1, 0.15) is 39.5 Å². The van der Waals surface area contributed by atoms with Gasteiger partial charge in [-0.3, -0.25) is 24.2 Å². The summed E-state index contributed by atoms with van der Waals surface area (Å²) in [6.07, 6.45) is -0.0259. The maximum Gasteiger partial charge on any atom is 0.326 e. The molecule has 14 nitrogen and oxygen atoms in total. The second kappa shape index (κ2) is 14.6. The summed E-state index contributed by atoms with van der Waals surface area (Å²) in [6.45, 7) is 3.32. The molecule has 0 fully saturated rings. The van der Waals surface area contributed by atoms with E-state index in [2.05, 4.69) is 20.9 Å². The molecule has 0 bridgehead atoms. The SMILES string of the molecule is CC(C)CC(NC(=O)C(CCCN=C(N)N)NC(=O)C(CC(N)=O)NC(=O)CN)C(=O)O. The molecule has 0 aliphatic heterocycles. The highest BCUT2D eigenvalue weighted by molar-refractivity contribution is 5.95. The highest BCUT2D eigenvalue weighted by atomic mass is 16.4. The molecule has 0 rings (SSSR count). The second-order valence-electron chi connectivity index (χ2n) is 7.53. The van der Waals surface area contributed by atoms with Crippen molar-refractivity contribution in [3.05, 3.63) is 0 Å². The number of nitrogens with one attached hydrogen (secondary N) is 3.